The number of benzene rings is 3. The van der Waals surface area contributed by atoms with Gasteiger partial charge in [0.2, 0.25) is 0 Å². The van der Waals surface area contributed by atoms with Crippen LogP contribution in [0.15, 0.2) is 76.5 Å². The molecule has 0 aliphatic rings. The SMILES string of the molecule is CSc1ccccc1NC(=O)COc1ccc(S(=O)(=O)Nc2ccc(F)cc2)cc1C. The highest BCUT2D eigenvalue weighted by Gasteiger charge is 2.16. The van der Waals surface area contributed by atoms with Gasteiger partial charge in [-0.05, 0) is 73.3 Å². The second-order valence-corrected chi connectivity index (χ2v) is 9.11. The van der Waals surface area contributed by atoms with E-state index in [0.29, 0.717) is 17.0 Å². The van der Waals surface area contributed by atoms with Crippen LogP contribution in [0.25, 0.3) is 0 Å². The molecule has 0 aromatic heterocycles. The summed E-state index contributed by atoms with van der Waals surface area (Å²) in [7, 11) is -3.85. The minimum absolute atomic E-state index is 0.0278. The molecule has 0 aliphatic heterocycles. The van der Waals surface area contributed by atoms with Gasteiger partial charge in [-0.15, -0.1) is 11.8 Å². The van der Waals surface area contributed by atoms with Crippen LogP contribution in [0.1, 0.15) is 5.56 Å². The number of amides is 1. The van der Waals surface area contributed by atoms with Gasteiger partial charge in [0.15, 0.2) is 6.61 Å². The number of carbonyl (C=O) groups excluding carboxylic acids is 1. The minimum Gasteiger partial charge on any atom is -0.483 e. The first kappa shape index (κ1) is 22.6. The van der Waals surface area contributed by atoms with Gasteiger partial charge in [-0.2, -0.15) is 0 Å². The van der Waals surface area contributed by atoms with Crippen LogP contribution in [0, 0.1) is 12.7 Å². The maximum atomic E-state index is 13.0. The van der Waals surface area contributed by atoms with Crippen molar-refractivity contribution < 1.29 is 22.3 Å². The molecule has 0 fully saturated rings. The number of nitrogens with one attached hydrogen (secondary N) is 2. The fraction of sp³-hybridized carbons (Fsp3) is 0.136. The summed E-state index contributed by atoms with van der Waals surface area (Å²) in [6.45, 7) is 1.47. The summed E-state index contributed by atoms with van der Waals surface area (Å²) >= 11 is 1.52. The number of para-hydroxylation sites is 1. The van der Waals surface area contributed by atoms with E-state index < -0.39 is 15.8 Å². The Morgan fingerprint density at radius 1 is 1.06 bits per heavy atom. The number of ether oxygens (including phenoxy) is 1. The van der Waals surface area contributed by atoms with Gasteiger partial charge in [0.25, 0.3) is 15.9 Å². The molecule has 0 saturated heterocycles. The van der Waals surface area contributed by atoms with Crippen molar-refractivity contribution in [3.05, 3.63) is 78.1 Å². The Hall–Kier alpha value is -3.04. The number of rotatable bonds is 8. The zero-order valence-electron chi connectivity index (χ0n) is 16.9. The lowest BCUT2D eigenvalue weighted by Gasteiger charge is -2.13. The smallest absolute Gasteiger partial charge is 0.262 e. The molecule has 0 atom stereocenters. The van der Waals surface area contributed by atoms with E-state index in [0.717, 1.165) is 4.90 Å². The third kappa shape index (κ3) is 5.99. The molecule has 0 heterocycles. The van der Waals surface area contributed by atoms with Gasteiger partial charge in [0.1, 0.15) is 11.6 Å². The molecule has 0 aliphatic carbocycles. The number of thioether (sulfide) groups is 1. The van der Waals surface area contributed by atoms with Crippen molar-refractivity contribution in [2.45, 2.75) is 16.7 Å². The molecular formula is C22H21FN2O4S2. The number of halogens is 1. The van der Waals surface area contributed by atoms with Crippen molar-refractivity contribution in [1.82, 2.24) is 0 Å². The molecular weight excluding hydrogens is 439 g/mol. The molecule has 3 aromatic carbocycles. The highest BCUT2D eigenvalue weighted by Crippen LogP contribution is 2.26. The molecule has 162 valence electrons. The average molecular weight is 461 g/mol. The molecule has 31 heavy (non-hydrogen) atoms. The van der Waals surface area contributed by atoms with Crippen molar-refractivity contribution in [2.75, 3.05) is 22.9 Å². The monoisotopic (exact) mass is 460 g/mol. The zero-order chi connectivity index (χ0) is 22.4. The van der Waals surface area contributed by atoms with Crippen molar-refractivity contribution >= 4 is 39.1 Å². The van der Waals surface area contributed by atoms with E-state index in [9.17, 15) is 17.6 Å². The van der Waals surface area contributed by atoms with E-state index in [4.69, 9.17) is 4.74 Å². The summed E-state index contributed by atoms with van der Waals surface area (Å²) in [5, 5.41) is 2.80. The third-order valence-corrected chi connectivity index (χ3v) is 6.47. The van der Waals surface area contributed by atoms with Gasteiger partial charge in [-0.1, -0.05) is 12.1 Å². The number of carbonyl (C=O) groups is 1. The summed E-state index contributed by atoms with van der Waals surface area (Å²) < 4.78 is 46.1. The molecule has 6 nitrogen and oxygen atoms in total. The van der Waals surface area contributed by atoms with Crippen LogP contribution in [0.5, 0.6) is 5.75 Å². The number of hydrogen-bond donors (Lipinski definition) is 2. The molecule has 0 spiro atoms. The fourth-order valence-electron chi connectivity index (χ4n) is 2.76. The van der Waals surface area contributed by atoms with Gasteiger partial charge in [0, 0.05) is 10.6 Å². The Kier molecular flexibility index (Phi) is 7.19. The lowest BCUT2D eigenvalue weighted by atomic mass is 10.2. The van der Waals surface area contributed by atoms with Crippen molar-refractivity contribution in [3.63, 3.8) is 0 Å². The lowest BCUT2D eigenvalue weighted by molar-refractivity contribution is -0.118. The second-order valence-electron chi connectivity index (χ2n) is 6.58. The first-order chi connectivity index (χ1) is 14.8. The Labute approximate surface area is 184 Å². The van der Waals surface area contributed by atoms with E-state index in [1.807, 2.05) is 30.5 Å². The molecule has 0 unspecified atom stereocenters. The van der Waals surface area contributed by atoms with Crippen molar-refractivity contribution in [3.8, 4) is 5.75 Å². The van der Waals surface area contributed by atoms with Gasteiger partial charge < -0.3 is 10.1 Å². The molecule has 0 radical (unpaired) electrons. The highest BCUT2D eigenvalue weighted by molar-refractivity contribution is 7.98. The number of anilines is 2. The Morgan fingerprint density at radius 2 is 1.77 bits per heavy atom. The fourth-order valence-corrected chi connectivity index (χ4v) is 4.46. The summed E-state index contributed by atoms with van der Waals surface area (Å²) in [4.78, 5) is 13.2. The maximum absolute atomic E-state index is 13.0. The van der Waals surface area contributed by atoms with E-state index in [1.54, 1.807) is 6.92 Å². The number of aryl methyl sites for hydroxylation is 1. The number of sulfonamides is 1. The van der Waals surface area contributed by atoms with Crippen LogP contribution in [-0.2, 0) is 14.8 Å². The standard InChI is InChI=1S/C22H21FN2O4S2/c1-15-13-18(31(27,28)25-17-9-7-16(23)8-10-17)11-12-20(15)29-14-22(26)24-19-5-3-4-6-21(19)30-2/h3-13,25H,14H2,1-2H3,(H,24,26). The van der Waals surface area contributed by atoms with E-state index >= 15 is 0 Å². The molecule has 3 aromatic rings. The van der Waals surface area contributed by atoms with E-state index in [-0.39, 0.29) is 23.1 Å². The van der Waals surface area contributed by atoms with E-state index in [1.165, 1.54) is 54.2 Å². The van der Waals surface area contributed by atoms with Gasteiger partial charge in [-0.3, -0.25) is 9.52 Å². The first-order valence-corrected chi connectivity index (χ1v) is 11.9. The predicted molar refractivity (Wildman–Crippen MR) is 121 cm³/mol. The van der Waals surface area contributed by atoms with E-state index in [2.05, 4.69) is 10.0 Å². The van der Waals surface area contributed by atoms with Crippen LogP contribution >= 0.6 is 11.8 Å². The average Bonchev–Trinajstić information content (AvgIpc) is 2.74. The molecule has 0 saturated carbocycles. The summed E-state index contributed by atoms with van der Waals surface area (Å²) in [6, 6.07) is 16.8. The quantitative estimate of drug-likeness (QED) is 0.477. The van der Waals surface area contributed by atoms with Gasteiger partial charge in [0.05, 0.1) is 10.6 Å². The van der Waals surface area contributed by atoms with Crippen LogP contribution in [-0.4, -0.2) is 27.2 Å². The minimum atomic E-state index is -3.85. The third-order valence-electron chi connectivity index (χ3n) is 4.29. The van der Waals surface area contributed by atoms with Crippen molar-refractivity contribution in [2.24, 2.45) is 0 Å². The topological polar surface area (TPSA) is 84.5 Å². The van der Waals surface area contributed by atoms with Gasteiger partial charge in [-0.25, -0.2) is 12.8 Å². The zero-order valence-corrected chi connectivity index (χ0v) is 18.5. The van der Waals surface area contributed by atoms with Gasteiger partial charge >= 0.3 is 0 Å². The normalized spacial score (nSPS) is 11.1. The van der Waals surface area contributed by atoms with Crippen LogP contribution in [0.2, 0.25) is 0 Å². The van der Waals surface area contributed by atoms with Crippen molar-refractivity contribution in [1.29, 1.82) is 0 Å². The highest BCUT2D eigenvalue weighted by atomic mass is 32.2. The molecule has 9 heteroatoms. The molecule has 2 N–H and O–H groups in total. The summed E-state index contributed by atoms with van der Waals surface area (Å²) in [5.74, 6) is -0.383. The number of hydrogen-bond acceptors (Lipinski definition) is 5. The molecule has 0 bridgehead atoms. The first-order valence-electron chi connectivity index (χ1n) is 9.23. The van der Waals surface area contributed by atoms with Crippen LogP contribution in [0.3, 0.4) is 0 Å². The second kappa shape index (κ2) is 9.84. The maximum Gasteiger partial charge on any atom is 0.262 e. The summed E-state index contributed by atoms with van der Waals surface area (Å²) in [6.07, 6.45) is 1.92. The predicted octanol–water partition coefficient (Wildman–Crippen LogP) is 4.67. The largest absolute Gasteiger partial charge is 0.483 e. The Bertz CT molecular complexity index is 1180. The van der Waals surface area contributed by atoms with Crippen LogP contribution in [0.4, 0.5) is 15.8 Å². The molecule has 3 rings (SSSR count). The Balaban J connectivity index is 1.65. The molecule has 1 amide bonds. The Morgan fingerprint density at radius 3 is 2.45 bits per heavy atom. The lowest BCUT2D eigenvalue weighted by Crippen LogP contribution is -2.21. The summed E-state index contributed by atoms with van der Waals surface area (Å²) in [5.41, 5.74) is 1.51. The van der Waals surface area contributed by atoms with Crippen LogP contribution < -0.4 is 14.8 Å².